The third-order valence-corrected chi connectivity index (χ3v) is 16.0. The number of aromatic nitrogens is 5. The zero-order valence-corrected chi connectivity index (χ0v) is 46.2. The molecule has 15 heteroatoms. The molecule has 78 heavy (non-hydrogen) atoms. The smallest absolute Gasteiger partial charge is 0.187 e. The van der Waals surface area contributed by atoms with Crippen molar-refractivity contribution in [2.75, 3.05) is 90.6 Å². The van der Waals surface area contributed by atoms with Crippen LogP contribution >= 0.6 is 15.9 Å². The van der Waals surface area contributed by atoms with E-state index >= 15 is 0 Å². The van der Waals surface area contributed by atoms with E-state index in [0.717, 1.165) is 124 Å². The fourth-order valence-corrected chi connectivity index (χ4v) is 11.8. The molecule has 10 aromatic rings. The predicted molar refractivity (Wildman–Crippen MR) is 319 cm³/mol. The molecule has 3 fully saturated rings. The van der Waals surface area contributed by atoms with E-state index in [-0.39, 0.29) is 0 Å². The average molecular weight is 1110 g/mol. The largest absolute Gasteiger partial charge is 0.497 e. The normalized spacial score (nSPS) is 16.5. The van der Waals surface area contributed by atoms with Gasteiger partial charge in [0.15, 0.2) is 5.69 Å². The summed E-state index contributed by atoms with van der Waals surface area (Å²) in [7, 11) is 6.80. The van der Waals surface area contributed by atoms with Crippen LogP contribution in [0.15, 0.2) is 157 Å². The lowest BCUT2D eigenvalue weighted by Crippen LogP contribution is -2.51. The first-order valence-corrected chi connectivity index (χ1v) is 27.4. The van der Waals surface area contributed by atoms with Crippen LogP contribution in [0.25, 0.3) is 59.4 Å². The van der Waals surface area contributed by atoms with Gasteiger partial charge in [0.05, 0.1) is 72.9 Å². The van der Waals surface area contributed by atoms with E-state index in [1.807, 2.05) is 116 Å². The van der Waals surface area contributed by atoms with Crippen molar-refractivity contribution in [2.45, 2.75) is 37.6 Å². The molecule has 2 N–H and O–H groups in total. The lowest BCUT2D eigenvalue weighted by atomic mass is 9.81. The molecule has 0 bridgehead atoms. The highest BCUT2D eigenvalue weighted by Gasteiger charge is 2.31. The van der Waals surface area contributed by atoms with E-state index in [0.29, 0.717) is 12.0 Å². The van der Waals surface area contributed by atoms with E-state index in [1.54, 1.807) is 40.8 Å². The molecule has 5 aromatic heterocycles. The van der Waals surface area contributed by atoms with Crippen LogP contribution in [0, 0.1) is 6.57 Å². The summed E-state index contributed by atoms with van der Waals surface area (Å²) in [6.07, 6.45) is 14.3. The fourth-order valence-electron chi connectivity index (χ4n) is 11.1. The Morgan fingerprint density at radius 1 is 0.538 bits per heavy atom. The van der Waals surface area contributed by atoms with E-state index in [4.69, 9.17) is 25.5 Å². The highest BCUT2D eigenvalue weighted by atomic mass is 79.9. The number of rotatable bonds is 8. The summed E-state index contributed by atoms with van der Waals surface area (Å²) in [6, 6.07) is 40.6. The highest BCUT2D eigenvalue weighted by molar-refractivity contribution is 9.10. The molecule has 0 radical (unpaired) electrons. The zero-order chi connectivity index (χ0) is 53.8. The van der Waals surface area contributed by atoms with Gasteiger partial charge in [-0.1, -0.05) is 18.2 Å². The standard InChI is InChI=1S/C29H31N5O.C14H17N3O.C10H8BrNO.C10H9NO/c1-30-21-7-10-27-24(18-21)25(19-32-27)20-5-8-22(9-6-20)33-14-16-34(17-15-33)29-23-4-3-13-31-26(23)11-12-28(29)35-2;1-18-13-5-4-12-11(3-2-6-16-12)14(13)17-9-7-15-8-10-17;1-13-9-5-4-8-7(10(9)11)3-2-6-12-8;1-12-9-4-5-10-8(7-9)3-2-6-11-10/h3-4,7,10-13,18-20,22,32H,5-6,8-9,14-17H2,2H3;2-6,15H,7-10H2,1H3;2-6H,1H3;2-7H,1H3. The second-order valence-corrected chi connectivity index (χ2v) is 20.2. The quantitative estimate of drug-likeness (QED) is 0.141. The number of pyridine rings is 4. The van der Waals surface area contributed by atoms with Gasteiger partial charge in [-0.05, 0) is 162 Å². The van der Waals surface area contributed by atoms with Gasteiger partial charge in [0.1, 0.15) is 23.0 Å². The molecule has 13 rings (SSSR count). The van der Waals surface area contributed by atoms with Crippen LogP contribution in [0.5, 0.6) is 23.0 Å². The number of H-pyrrole nitrogens is 1. The van der Waals surface area contributed by atoms with Crippen molar-refractivity contribution in [2.24, 2.45) is 0 Å². The van der Waals surface area contributed by atoms with Gasteiger partial charge in [0, 0.05) is 116 Å². The molecule has 0 unspecified atom stereocenters. The van der Waals surface area contributed by atoms with E-state index in [9.17, 15) is 0 Å². The molecular weight excluding hydrogens is 1040 g/mol. The van der Waals surface area contributed by atoms with E-state index in [1.165, 1.54) is 58.8 Å². The van der Waals surface area contributed by atoms with Crippen LogP contribution in [-0.4, -0.2) is 117 Å². The predicted octanol–water partition coefficient (Wildman–Crippen LogP) is 13.0. The number of halogens is 1. The molecule has 0 atom stereocenters. The van der Waals surface area contributed by atoms with Crippen LogP contribution in [0.4, 0.5) is 17.1 Å². The van der Waals surface area contributed by atoms with Crippen molar-refractivity contribution in [1.82, 2.24) is 35.1 Å². The summed E-state index contributed by atoms with van der Waals surface area (Å²) in [5.74, 6) is 4.14. The van der Waals surface area contributed by atoms with Gasteiger partial charge < -0.3 is 39.0 Å². The van der Waals surface area contributed by atoms with Crippen LogP contribution in [0.2, 0.25) is 0 Å². The highest BCUT2D eigenvalue weighted by Crippen LogP contribution is 2.41. The maximum absolute atomic E-state index is 7.35. The third kappa shape index (κ3) is 11.9. The maximum Gasteiger partial charge on any atom is 0.187 e. The number of methoxy groups -OCH3 is 4. The van der Waals surface area contributed by atoms with Crippen LogP contribution < -0.4 is 34.1 Å². The minimum Gasteiger partial charge on any atom is -0.497 e. The van der Waals surface area contributed by atoms with Crippen molar-refractivity contribution >= 4 is 87.5 Å². The van der Waals surface area contributed by atoms with Gasteiger partial charge in [-0.2, -0.15) is 0 Å². The zero-order valence-electron chi connectivity index (χ0n) is 44.7. The Labute approximate surface area is 464 Å². The summed E-state index contributed by atoms with van der Waals surface area (Å²) in [5, 5.41) is 9.11. The van der Waals surface area contributed by atoms with Gasteiger partial charge in [0.25, 0.3) is 0 Å². The van der Waals surface area contributed by atoms with Gasteiger partial charge in [-0.3, -0.25) is 24.8 Å². The SMILES string of the molecule is COc1ccc2ncccc2c1.COc1ccc2ncccc2c1Br.COc1ccc2ncccc2c1N1CCNCC1.[C-]#[N+]c1ccc2[nH]cc(C3CCC(N4CCN(c5c(OC)ccc6ncccc56)CC4)CC3)c2c1. The van der Waals surface area contributed by atoms with Crippen molar-refractivity contribution in [3.63, 3.8) is 0 Å². The second kappa shape index (κ2) is 25.4. The molecule has 1 aliphatic carbocycles. The first-order chi connectivity index (χ1) is 38.4. The Morgan fingerprint density at radius 3 is 1.67 bits per heavy atom. The minimum atomic E-state index is 0.578. The maximum atomic E-state index is 7.35. The number of nitrogens with one attached hydrogen (secondary N) is 2. The van der Waals surface area contributed by atoms with E-state index in [2.05, 4.69) is 90.1 Å². The van der Waals surface area contributed by atoms with Gasteiger partial charge in [0.2, 0.25) is 0 Å². The Bertz CT molecular complexity index is 3680. The Balaban J connectivity index is 0.000000133. The topological polar surface area (TPSA) is 130 Å². The van der Waals surface area contributed by atoms with Crippen LogP contribution in [0.1, 0.15) is 37.2 Å². The number of nitrogens with zero attached hydrogens (tertiary/aromatic N) is 8. The average Bonchev–Trinajstić information content (AvgIpc) is 3.98. The molecule has 3 aliphatic rings. The number of hydrogen-bond acceptors (Lipinski definition) is 12. The number of benzene rings is 5. The number of hydrogen-bond donors (Lipinski definition) is 2. The molecule has 7 heterocycles. The summed E-state index contributed by atoms with van der Waals surface area (Å²) in [5.41, 5.74) is 9.62. The van der Waals surface area contributed by atoms with E-state index < -0.39 is 0 Å². The number of aromatic amines is 1. The number of anilines is 2. The monoisotopic (exact) mass is 1100 g/mol. The summed E-state index contributed by atoms with van der Waals surface area (Å²) in [6.45, 7) is 15.6. The number of piperazine rings is 2. The molecule has 2 saturated heterocycles. The fraction of sp³-hybridized carbons (Fsp3) is 0.286. The van der Waals surface area contributed by atoms with Gasteiger partial charge >= 0.3 is 0 Å². The summed E-state index contributed by atoms with van der Waals surface area (Å²) in [4.78, 5) is 32.0. The molecule has 2 aliphatic heterocycles. The van der Waals surface area contributed by atoms with Gasteiger partial charge in [-0.25, -0.2) is 4.85 Å². The first kappa shape index (κ1) is 53.4. The summed E-state index contributed by atoms with van der Waals surface area (Å²) >= 11 is 3.48. The minimum absolute atomic E-state index is 0.578. The van der Waals surface area contributed by atoms with Crippen molar-refractivity contribution in [3.05, 3.63) is 174 Å². The Morgan fingerprint density at radius 2 is 1.08 bits per heavy atom. The molecular formula is C63H65BrN10O4. The number of ether oxygens (including phenoxy) is 4. The molecule has 5 aromatic carbocycles. The van der Waals surface area contributed by atoms with Crippen molar-refractivity contribution in [3.8, 4) is 23.0 Å². The third-order valence-electron chi connectivity index (χ3n) is 15.1. The molecule has 0 amide bonds. The number of fused-ring (bicyclic) bond motifs is 5. The molecule has 1 saturated carbocycles. The van der Waals surface area contributed by atoms with Crippen LogP contribution in [-0.2, 0) is 0 Å². The molecule has 14 nitrogen and oxygen atoms in total. The lowest BCUT2D eigenvalue weighted by molar-refractivity contribution is 0.141. The van der Waals surface area contributed by atoms with Gasteiger partial charge in [-0.15, -0.1) is 0 Å². The van der Waals surface area contributed by atoms with Crippen LogP contribution in [0.3, 0.4) is 0 Å². The Hall–Kier alpha value is -8.03. The Kier molecular flexibility index (Phi) is 17.4. The first-order valence-electron chi connectivity index (χ1n) is 26.6. The summed E-state index contributed by atoms with van der Waals surface area (Å²) < 4.78 is 22.5. The molecule has 398 valence electrons. The van der Waals surface area contributed by atoms with Crippen molar-refractivity contribution < 1.29 is 18.9 Å². The molecule has 0 spiro atoms. The second-order valence-electron chi connectivity index (χ2n) is 19.4. The lowest BCUT2D eigenvalue weighted by Gasteiger charge is -2.43. The van der Waals surface area contributed by atoms with Crippen molar-refractivity contribution in [1.29, 1.82) is 0 Å².